The number of nitrogens with one attached hydrogen (secondary N) is 1. The van der Waals surface area contributed by atoms with E-state index in [1.165, 1.54) is 42.5 Å². The summed E-state index contributed by atoms with van der Waals surface area (Å²) in [6.45, 7) is 1.43. The molecule has 0 aliphatic rings. The summed E-state index contributed by atoms with van der Waals surface area (Å²) in [6, 6.07) is 18.7. The molecule has 3 aromatic rings. The second-order valence-electron chi connectivity index (χ2n) is 6.74. The van der Waals surface area contributed by atoms with E-state index in [0.29, 0.717) is 5.02 Å². The molecule has 0 heterocycles. The summed E-state index contributed by atoms with van der Waals surface area (Å²) in [7, 11) is -4.00. The van der Waals surface area contributed by atoms with Crippen molar-refractivity contribution in [2.24, 2.45) is 0 Å². The van der Waals surface area contributed by atoms with E-state index < -0.39 is 28.3 Å². The smallest absolute Gasteiger partial charge is 0.243 e. The van der Waals surface area contributed by atoms with E-state index in [-0.39, 0.29) is 17.1 Å². The van der Waals surface area contributed by atoms with Crippen LogP contribution < -0.4 is 5.32 Å². The zero-order valence-electron chi connectivity index (χ0n) is 16.2. The lowest BCUT2D eigenvalue weighted by Gasteiger charge is -2.22. The molecular formula is C22H20ClFN2O3S. The highest BCUT2D eigenvalue weighted by molar-refractivity contribution is 7.89. The van der Waals surface area contributed by atoms with Crippen molar-refractivity contribution in [3.05, 3.63) is 94.8 Å². The number of benzene rings is 3. The molecule has 0 saturated carbocycles. The Hall–Kier alpha value is -2.74. The lowest BCUT2D eigenvalue weighted by molar-refractivity contribution is -0.116. The first-order valence-electron chi connectivity index (χ1n) is 9.11. The molecule has 0 spiro atoms. The van der Waals surface area contributed by atoms with Gasteiger partial charge in [0.2, 0.25) is 15.9 Å². The van der Waals surface area contributed by atoms with Gasteiger partial charge in [0.15, 0.2) is 0 Å². The van der Waals surface area contributed by atoms with Crippen molar-refractivity contribution in [3.8, 4) is 0 Å². The number of carbonyl (C=O) groups is 1. The average Bonchev–Trinajstić information content (AvgIpc) is 2.71. The average molecular weight is 447 g/mol. The minimum absolute atomic E-state index is 0.0118. The highest BCUT2D eigenvalue weighted by Crippen LogP contribution is 2.21. The standard InChI is InChI=1S/C22H20ClFN2O3S/c1-16-6-8-17(9-7-16)14-26(30(28,29)19-12-10-18(23)11-13-19)15-22(27)25-21-5-3-2-4-20(21)24/h2-13H,14-15H2,1H3,(H,25,27). The number of sulfonamides is 1. The van der Waals surface area contributed by atoms with E-state index >= 15 is 0 Å². The fourth-order valence-electron chi connectivity index (χ4n) is 2.79. The molecule has 1 N–H and O–H groups in total. The number of anilines is 1. The van der Waals surface area contributed by atoms with E-state index in [4.69, 9.17) is 11.6 Å². The second-order valence-corrected chi connectivity index (χ2v) is 9.12. The Morgan fingerprint density at radius 3 is 2.27 bits per heavy atom. The first-order valence-corrected chi connectivity index (χ1v) is 10.9. The molecule has 0 fully saturated rings. The maximum Gasteiger partial charge on any atom is 0.243 e. The molecule has 0 saturated heterocycles. The summed E-state index contributed by atoms with van der Waals surface area (Å²) >= 11 is 5.87. The quantitative estimate of drug-likeness (QED) is 0.576. The maximum atomic E-state index is 13.8. The van der Waals surface area contributed by atoms with E-state index in [0.717, 1.165) is 15.4 Å². The number of aryl methyl sites for hydroxylation is 1. The number of para-hydroxylation sites is 1. The molecule has 3 aromatic carbocycles. The highest BCUT2D eigenvalue weighted by atomic mass is 35.5. The predicted molar refractivity (Wildman–Crippen MR) is 115 cm³/mol. The summed E-state index contributed by atoms with van der Waals surface area (Å²) in [6.07, 6.45) is 0. The molecule has 5 nitrogen and oxygen atoms in total. The van der Waals surface area contributed by atoms with Gasteiger partial charge < -0.3 is 5.32 Å². The number of halogens is 2. The van der Waals surface area contributed by atoms with Gasteiger partial charge in [0.25, 0.3) is 0 Å². The van der Waals surface area contributed by atoms with Crippen LogP contribution in [-0.4, -0.2) is 25.2 Å². The van der Waals surface area contributed by atoms with Crippen molar-refractivity contribution < 1.29 is 17.6 Å². The van der Waals surface area contributed by atoms with E-state index in [1.54, 1.807) is 18.2 Å². The van der Waals surface area contributed by atoms with Crippen molar-refractivity contribution >= 4 is 33.2 Å². The molecular weight excluding hydrogens is 427 g/mol. The zero-order valence-corrected chi connectivity index (χ0v) is 17.8. The third-order valence-electron chi connectivity index (χ3n) is 4.40. The van der Waals surface area contributed by atoms with Gasteiger partial charge in [-0.2, -0.15) is 4.31 Å². The third kappa shape index (κ3) is 5.44. The van der Waals surface area contributed by atoms with Gasteiger partial charge >= 0.3 is 0 Å². The Kier molecular flexibility index (Phi) is 6.87. The Morgan fingerprint density at radius 1 is 1.00 bits per heavy atom. The fraction of sp³-hybridized carbons (Fsp3) is 0.136. The first kappa shape index (κ1) is 22.0. The van der Waals surface area contributed by atoms with Gasteiger partial charge in [-0.25, -0.2) is 12.8 Å². The highest BCUT2D eigenvalue weighted by Gasteiger charge is 2.27. The van der Waals surface area contributed by atoms with E-state index in [1.807, 2.05) is 19.1 Å². The predicted octanol–water partition coefficient (Wildman–Crippen LogP) is 4.62. The molecule has 8 heteroatoms. The molecule has 0 bridgehead atoms. The summed E-state index contributed by atoms with van der Waals surface area (Å²) in [5.74, 6) is -1.25. The van der Waals surface area contributed by atoms with Crippen molar-refractivity contribution in [1.82, 2.24) is 4.31 Å². The molecule has 3 rings (SSSR count). The summed E-state index contributed by atoms with van der Waals surface area (Å²) in [5, 5.41) is 2.83. The molecule has 30 heavy (non-hydrogen) atoms. The molecule has 0 aliphatic carbocycles. The molecule has 0 unspecified atom stereocenters. The topological polar surface area (TPSA) is 66.5 Å². The Labute approximate surface area is 180 Å². The number of amides is 1. The number of rotatable bonds is 7. The molecule has 0 radical (unpaired) electrons. The van der Waals surface area contributed by atoms with Crippen LogP contribution in [0, 0.1) is 12.7 Å². The largest absolute Gasteiger partial charge is 0.322 e. The lowest BCUT2D eigenvalue weighted by Crippen LogP contribution is -2.37. The minimum atomic E-state index is -4.00. The second kappa shape index (κ2) is 9.38. The van der Waals surface area contributed by atoms with Crippen LogP contribution in [0.4, 0.5) is 10.1 Å². The summed E-state index contributed by atoms with van der Waals surface area (Å²) in [5.41, 5.74) is 1.74. The Bertz CT molecular complexity index is 1130. The van der Waals surface area contributed by atoms with E-state index in [2.05, 4.69) is 5.32 Å². The summed E-state index contributed by atoms with van der Waals surface area (Å²) < 4.78 is 41.3. The van der Waals surface area contributed by atoms with Gasteiger partial charge in [-0.1, -0.05) is 53.6 Å². The van der Waals surface area contributed by atoms with Crippen molar-refractivity contribution in [1.29, 1.82) is 0 Å². The molecule has 0 aliphatic heterocycles. The van der Waals surface area contributed by atoms with Gasteiger partial charge in [-0.05, 0) is 48.9 Å². The van der Waals surface area contributed by atoms with Crippen LogP contribution in [0.5, 0.6) is 0 Å². The van der Waals surface area contributed by atoms with Gasteiger partial charge in [0.05, 0.1) is 17.1 Å². The Balaban J connectivity index is 1.88. The number of nitrogens with zero attached hydrogens (tertiary/aromatic N) is 1. The van der Waals surface area contributed by atoms with Crippen LogP contribution >= 0.6 is 11.6 Å². The van der Waals surface area contributed by atoms with Crippen molar-refractivity contribution in [2.45, 2.75) is 18.4 Å². The number of hydrogen-bond acceptors (Lipinski definition) is 3. The minimum Gasteiger partial charge on any atom is -0.322 e. The monoisotopic (exact) mass is 446 g/mol. The molecule has 0 aromatic heterocycles. The lowest BCUT2D eigenvalue weighted by atomic mass is 10.1. The van der Waals surface area contributed by atoms with Crippen LogP contribution in [0.15, 0.2) is 77.7 Å². The van der Waals surface area contributed by atoms with E-state index in [9.17, 15) is 17.6 Å². The maximum absolute atomic E-state index is 13.8. The normalized spacial score (nSPS) is 11.5. The van der Waals surface area contributed by atoms with Gasteiger partial charge in [0.1, 0.15) is 5.82 Å². The first-order chi connectivity index (χ1) is 14.3. The molecule has 1 amide bonds. The van der Waals surface area contributed by atoms with Crippen LogP contribution in [0.2, 0.25) is 5.02 Å². The third-order valence-corrected chi connectivity index (χ3v) is 6.46. The van der Waals surface area contributed by atoms with Crippen LogP contribution in [0.25, 0.3) is 0 Å². The van der Waals surface area contributed by atoms with Crippen molar-refractivity contribution in [2.75, 3.05) is 11.9 Å². The zero-order chi connectivity index (χ0) is 21.7. The van der Waals surface area contributed by atoms with Crippen LogP contribution in [0.3, 0.4) is 0 Å². The van der Waals surface area contributed by atoms with Gasteiger partial charge in [0, 0.05) is 11.6 Å². The van der Waals surface area contributed by atoms with Crippen LogP contribution in [-0.2, 0) is 21.4 Å². The molecule has 0 atom stereocenters. The fourth-order valence-corrected chi connectivity index (χ4v) is 4.30. The van der Waals surface area contributed by atoms with Gasteiger partial charge in [-0.3, -0.25) is 4.79 Å². The van der Waals surface area contributed by atoms with Gasteiger partial charge in [-0.15, -0.1) is 0 Å². The Morgan fingerprint density at radius 2 is 1.63 bits per heavy atom. The van der Waals surface area contributed by atoms with Crippen LogP contribution in [0.1, 0.15) is 11.1 Å². The number of carbonyl (C=O) groups excluding carboxylic acids is 1. The number of hydrogen-bond donors (Lipinski definition) is 1. The summed E-state index contributed by atoms with van der Waals surface area (Å²) in [4.78, 5) is 12.6. The molecule has 156 valence electrons. The van der Waals surface area contributed by atoms with Crippen molar-refractivity contribution in [3.63, 3.8) is 0 Å². The SMILES string of the molecule is Cc1ccc(CN(CC(=O)Nc2ccccc2F)S(=O)(=O)c2ccc(Cl)cc2)cc1.